The minimum Gasteiger partial charge on any atom is -0.307 e. The molecule has 0 unspecified atom stereocenters. The zero-order valence-corrected chi connectivity index (χ0v) is 14.0. The molecule has 0 aromatic heterocycles. The number of anilines is 2. The predicted octanol–water partition coefficient (Wildman–Crippen LogP) is 5.06. The monoisotopic (exact) mass is 330 g/mol. The highest BCUT2D eigenvalue weighted by Crippen LogP contribution is 2.39. The van der Waals surface area contributed by atoms with Crippen LogP contribution in [0.5, 0.6) is 0 Å². The third-order valence-corrected chi connectivity index (χ3v) is 5.37. The van der Waals surface area contributed by atoms with E-state index < -0.39 is 0 Å². The van der Waals surface area contributed by atoms with E-state index in [-0.39, 0.29) is 11.8 Å². The molecule has 3 rings (SSSR count). The molecule has 120 valence electrons. The van der Waals surface area contributed by atoms with Gasteiger partial charge in [0.25, 0.3) is 0 Å². The van der Waals surface area contributed by atoms with E-state index in [4.69, 9.17) is 0 Å². The number of amides is 2. The number of carbonyl (C=O) groups is 1. The Kier molecular flexibility index (Phi) is 4.57. The second-order valence-corrected chi connectivity index (χ2v) is 6.96. The molecule has 1 aliphatic heterocycles. The van der Waals surface area contributed by atoms with Gasteiger partial charge in [0, 0.05) is 22.4 Å². The Morgan fingerprint density at radius 2 is 2.13 bits per heavy atom. The molecule has 1 heterocycles. The van der Waals surface area contributed by atoms with Crippen molar-refractivity contribution in [1.29, 1.82) is 0 Å². The Balaban J connectivity index is 1.84. The van der Waals surface area contributed by atoms with Crippen molar-refractivity contribution < 1.29 is 9.18 Å². The summed E-state index contributed by atoms with van der Waals surface area (Å²) in [6, 6.07) is 12.4. The fourth-order valence-corrected chi connectivity index (χ4v) is 3.77. The first-order valence-electron chi connectivity index (χ1n) is 7.69. The highest BCUT2D eigenvalue weighted by Gasteiger charge is 2.28. The van der Waals surface area contributed by atoms with Gasteiger partial charge in [0.15, 0.2) is 0 Å². The molecule has 0 spiro atoms. The third kappa shape index (κ3) is 3.34. The van der Waals surface area contributed by atoms with Crippen molar-refractivity contribution in [2.45, 2.75) is 30.4 Å². The van der Waals surface area contributed by atoms with E-state index in [1.807, 2.05) is 36.0 Å². The van der Waals surface area contributed by atoms with Crippen LogP contribution in [0, 0.1) is 12.7 Å². The van der Waals surface area contributed by atoms with Crippen LogP contribution in [-0.2, 0) is 0 Å². The van der Waals surface area contributed by atoms with Crippen molar-refractivity contribution in [1.82, 2.24) is 0 Å². The number of nitrogens with zero attached hydrogens (tertiary/aromatic N) is 1. The van der Waals surface area contributed by atoms with E-state index in [1.54, 1.807) is 24.0 Å². The number of urea groups is 1. The Morgan fingerprint density at radius 1 is 1.35 bits per heavy atom. The van der Waals surface area contributed by atoms with Gasteiger partial charge >= 0.3 is 6.03 Å². The lowest BCUT2D eigenvalue weighted by Gasteiger charge is -2.33. The van der Waals surface area contributed by atoms with E-state index in [1.165, 1.54) is 6.07 Å². The van der Waals surface area contributed by atoms with E-state index in [0.29, 0.717) is 23.0 Å². The normalized spacial score (nSPS) is 16.8. The minimum absolute atomic E-state index is 0.223. The Labute approximate surface area is 139 Å². The van der Waals surface area contributed by atoms with E-state index in [2.05, 4.69) is 12.2 Å². The van der Waals surface area contributed by atoms with Gasteiger partial charge in [0.2, 0.25) is 0 Å². The molecule has 5 heteroatoms. The molecule has 2 aromatic rings. The molecule has 0 radical (unpaired) electrons. The summed E-state index contributed by atoms with van der Waals surface area (Å²) in [5.74, 6) is -0.316. The van der Waals surface area contributed by atoms with Crippen molar-refractivity contribution in [3.8, 4) is 0 Å². The van der Waals surface area contributed by atoms with Gasteiger partial charge in [-0.2, -0.15) is 0 Å². The van der Waals surface area contributed by atoms with Gasteiger partial charge in [-0.25, -0.2) is 9.18 Å². The molecule has 0 aliphatic carbocycles. The molecule has 2 amide bonds. The molecule has 1 aliphatic rings. The van der Waals surface area contributed by atoms with Crippen molar-refractivity contribution in [3.63, 3.8) is 0 Å². The highest BCUT2D eigenvalue weighted by atomic mass is 32.2. The molecule has 0 saturated carbocycles. The van der Waals surface area contributed by atoms with Gasteiger partial charge in [-0.15, -0.1) is 11.8 Å². The summed E-state index contributed by atoms with van der Waals surface area (Å²) in [6.07, 6.45) is 0.988. The lowest BCUT2D eigenvalue weighted by molar-refractivity contribution is 0.256. The van der Waals surface area contributed by atoms with Gasteiger partial charge in [-0.05, 0) is 43.2 Å². The quantitative estimate of drug-likeness (QED) is 0.835. The van der Waals surface area contributed by atoms with Gasteiger partial charge in [-0.1, -0.05) is 25.1 Å². The van der Waals surface area contributed by atoms with Gasteiger partial charge in [0.1, 0.15) is 5.82 Å². The number of fused-ring (bicyclic) bond motifs is 1. The fraction of sp³-hybridized carbons (Fsp3) is 0.278. The molecule has 3 nitrogen and oxygen atoms in total. The Bertz CT molecular complexity index is 735. The summed E-state index contributed by atoms with van der Waals surface area (Å²) in [6.45, 7) is 4.47. The Hall–Kier alpha value is -2.01. The largest absolute Gasteiger partial charge is 0.326 e. The van der Waals surface area contributed by atoms with Crippen LogP contribution in [0.25, 0.3) is 0 Å². The third-order valence-electron chi connectivity index (χ3n) is 3.96. The van der Waals surface area contributed by atoms with E-state index >= 15 is 0 Å². The van der Waals surface area contributed by atoms with Crippen LogP contribution >= 0.6 is 11.8 Å². The van der Waals surface area contributed by atoms with E-state index in [0.717, 1.165) is 17.0 Å². The number of nitrogens with one attached hydrogen (secondary N) is 1. The standard InChI is InChI=1S/C18H19FN2OS/c1-3-14-11-21(16-6-4-5-7-17(16)23-14)18(22)20-13-9-8-12(2)15(19)10-13/h4-10,14H,3,11H2,1-2H3,(H,20,22)/t14-/m0/s1. The number of hydrogen-bond acceptors (Lipinski definition) is 2. The molecule has 0 bridgehead atoms. The number of halogens is 1. The van der Waals surface area contributed by atoms with E-state index in [9.17, 15) is 9.18 Å². The van der Waals surface area contributed by atoms with Crippen LogP contribution in [0.15, 0.2) is 47.4 Å². The summed E-state index contributed by atoms with van der Waals surface area (Å²) in [5, 5.41) is 3.17. The fourth-order valence-electron chi connectivity index (χ4n) is 2.56. The first-order chi connectivity index (χ1) is 11.1. The Morgan fingerprint density at radius 3 is 2.87 bits per heavy atom. The summed E-state index contributed by atoms with van der Waals surface area (Å²) in [7, 11) is 0. The maximum absolute atomic E-state index is 13.7. The van der Waals surface area contributed by atoms with Crippen LogP contribution in [0.2, 0.25) is 0 Å². The number of rotatable bonds is 2. The van der Waals surface area contributed by atoms with Crippen LogP contribution in [-0.4, -0.2) is 17.8 Å². The second-order valence-electron chi connectivity index (χ2n) is 5.62. The van der Waals surface area contributed by atoms with Crippen molar-refractivity contribution >= 4 is 29.2 Å². The zero-order chi connectivity index (χ0) is 16.4. The summed E-state index contributed by atoms with van der Waals surface area (Å²) in [5.41, 5.74) is 1.95. The first kappa shape index (κ1) is 15.9. The smallest absolute Gasteiger partial charge is 0.307 e. The number of benzene rings is 2. The molecule has 1 atom stereocenters. The maximum atomic E-state index is 13.7. The van der Waals surface area contributed by atoms with Gasteiger partial charge in [0.05, 0.1) is 5.69 Å². The number of hydrogen-bond donors (Lipinski definition) is 1. The number of thioether (sulfide) groups is 1. The van der Waals surface area contributed by atoms with Crippen LogP contribution in [0.3, 0.4) is 0 Å². The minimum atomic E-state index is -0.316. The number of carbonyl (C=O) groups excluding carboxylic acids is 1. The van der Waals surface area contributed by atoms with Crippen molar-refractivity contribution in [2.24, 2.45) is 0 Å². The lowest BCUT2D eigenvalue weighted by atomic mass is 10.2. The summed E-state index contributed by atoms with van der Waals surface area (Å²) >= 11 is 1.81. The maximum Gasteiger partial charge on any atom is 0.326 e. The zero-order valence-electron chi connectivity index (χ0n) is 13.2. The number of para-hydroxylation sites is 1. The first-order valence-corrected chi connectivity index (χ1v) is 8.57. The molecular weight excluding hydrogens is 311 g/mol. The summed E-state index contributed by atoms with van der Waals surface area (Å²) < 4.78 is 13.7. The van der Waals surface area contributed by atoms with Crippen LogP contribution in [0.1, 0.15) is 18.9 Å². The molecule has 0 saturated heterocycles. The lowest BCUT2D eigenvalue weighted by Crippen LogP contribution is -2.41. The highest BCUT2D eigenvalue weighted by molar-refractivity contribution is 8.00. The summed E-state index contributed by atoms with van der Waals surface area (Å²) in [4.78, 5) is 15.5. The van der Waals surface area contributed by atoms with Crippen LogP contribution < -0.4 is 10.2 Å². The van der Waals surface area contributed by atoms with Crippen molar-refractivity contribution in [3.05, 3.63) is 53.8 Å². The van der Waals surface area contributed by atoms with Gasteiger partial charge < -0.3 is 5.32 Å². The molecule has 0 fully saturated rings. The van der Waals surface area contributed by atoms with Crippen molar-refractivity contribution in [2.75, 3.05) is 16.8 Å². The molecule has 1 N–H and O–H groups in total. The predicted molar refractivity (Wildman–Crippen MR) is 93.9 cm³/mol. The molecular formula is C18H19FN2OS. The molecule has 2 aromatic carbocycles. The average molecular weight is 330 g/mol. The topological polar surface area (TPSA) is 32.3 Å². The number of aryl methyl sites for hydroxylation is 1. The molecule has 23 heavy (non-hydrogen) atoms. The van der Waals surface area contributed by atoms with Crippen LogP contribution in [0.4, 0.5) is 20.6 Å². The average Bonchev–Trinajstić information content (AvgIpc) is 2.57. The SMILES string of the molecule is CC[C@H]1CN(C(=O)Nc2ccc(C)c(F)c2)c2ccccc2S1. The van der Waals surface area contributed by atoms with Gasteiger partial charge in [-0.3, -0.25) is 4.90 Å². The second kappa shape index (κ2) is 6.62.